The molecule has 0 bridgehead atoms. The zero-order valence-electron chi connectivity index (χ0n) is 9.73. The van der Waals surface area contributed by atoms with Crippen molar-refractivity contribution in [1.29, 1.82) is 0 Å². The Balaban J connectivity index is 2.23. The molecule has 1 heterocycles. The highest BCUT2D eigenvalue weighted by Crippen LogP contribution is 2.17. The molecule has 0 spiro atoms. The van der Waals surface area contributed by atoms with Gasteiger partial charge in [-0.1, -0.05) is 18.7 Å². The van der Waals surface area contributed by atoms with Crippen molar-refractivity contribution in [3.05, 3.63) is 5.82 Å². The number of nitrogens with two attached hydrogens (primary N) is 1. The van der Waals surface area contributed by atoms with Gasteiger partial charge in [0.25, 0.3) is 0 Å². The molecule has 86 valence electrons. The summed E-state index contributed by atoms with van der Waals surface area (Å²) in [7, 11) is 2.00. The molecule has 4 nitrogen and oxygen atoms in total. The molecule has 1 unspecified atom stereocenters. The summed E-state index contributed by atoms with van der Waals surface area (Å²) in [6.07, 6.45) is 3.31. The highest BCUT2D eigenvalue weighted by molar-refractivity contribution is 7.99. The van der Waals surface area contributed by atoms with Crippen LogP contribution < -0.4 is 5.73 Å². The van der Waals surface area contributed by atoms with Crippen LogP contribution in [0.1, 0.15) is 32.0 Å². The van der Waals surface area contributed by atoms with Crippen LogP contribution in [0, 0.1) is 6.92 Å². The predicted molar refractivity (Wildman–Crippen MR) is 64.0 cm³/mol. The van der Waals surface area contributed by atoms with E-state index in [1.54, 1.807) is 11.8 Å². The lowest BCUT2D eigenvalue weighted by Gasteiger charge is -2.07. The Hall–Kier alpha value is -0.550. The summed E-state index contributed by atoms with van der Waals surface area (Å²) in [5.41, 5.74) is 5.84. The van der Waals surface area contributed by atoms with Crippen molar-refractivity contribution in [2.24, 2.45) is 12.8 Å². The smallest absolute Gasteiger partial charge is 0.190 e. The van der Waals surface area contributed by atoms with Crippen molar-refractivity contribution in [2.75, 3.05) is 5.75 Å². The van der Waals surface area contributed by atoms with Crippen molar-refractivity contribution in [2.45, 2.75) is 44.3 Å². The van der Waals surface area contributed by atoms with Crippen molar-refractivity contribution in [1.82, 2.24) is 14.8 Å². The second-order valence-electron chi connectivity index (χ2n) is 3.75. The minimum absolute atomic E-state index is 0.354. The van der Waals surface area contributed by atoms with Crippen molar-refractivity contribution < 1.29 is 0 Å². The number of aryl methyl sites for hydroxylation is 1. The highest BCUT2D eigenvalue weighted by atomic mass is 32.2. The molecule has 0 aliphatic heterocycles. The third kappa shape index (κ3) is 3.83. The average molecular weight is 228 g/mol. The van der Waals surface area contributed by atoms with E-state index < -0.39 is 0 Å². The molecule has 1 aromatic rings. The van der Waals surface area contributed by atoms with Crippen molar-refractivity contribution in [3.63, 3.8) is 0 Å². The Bertz CT molecular complexity index is 298. The number of nitrogens with zero attached hydrogens (tertiary/aromatic N) is 3. The maximum absolute atomic E-state index is 5.84. The van der Waals surface area contributed by atoms with Gasteiger partial charge in [0.1, 0.15) is 5.82 Å². The lowest BCUT2D eigenvalue weighted by molar-refractivity contribution is 0.589. The minimum Gasteiger partial charge on any atom is -0.328 e. The molecule has 0 saturated heterocycles. The summed E-state index contributed by atoms with van der Waals surface area (Å²) < 4.78 is 2.02. The van der Waals surface area contributed by atoms with Crippen LogP contribution in [0.3, 0.4) is 0 Å². The first kappa shape index (κ1) is 12.5. The Labute approximate surface area is 95.6 Å². The van der Waals surface area contributed by atoms with Gasteiger partial charge in [0.05, 0.1) is 0 Å². The van der Waals surface area contributed by atoms with Crippen molar-refractivity contribution >= 4 is 11.8 Å². The van der Waals surface area contributed by atoms with Gasteiger partial charge < -0.3 is 10.3 Å². The SMILES string of the molecule is CCC(N)CCCSc1nnc(C)n1C. The van der Waals surface area contributed by atoms with Crippen LogP contribution in [0.4, 0.5) is 0 Å². The number of hydrogen-bond acceptors (Lipinski definition) is 4. The van der Waals surface area contributed by atoms with Crippen LogP contribution >= 0.6 is 11.8 Å². The Morgan fingerprint density at radius 1 is 1.47 bits per heavy atom. The summed E-state index contributed by atoms with van der Waals surface area (Å²) in [4.78, 5) is 0. The number of rotatable bonds is 6. The molecule has 0 fully saturated rings. The lowest BCUT2D eigenvalue weighted by atomic mass is 10.1. The van der Waals surface area contributed by atoms with Gasteiger partial charge >= 0.3 is 0 Å². The second-order valence-corrected chi connectivity index (χ2v) is 4.81. The fourth-order valence-electron chi connectivity index (χ4n) is 1.23. The number of hydrogen-bond donors (Lipinski definition) is 1. The monoisotopic (exact) mass is 228 g/mol. The van der Waals surface area contributed by atoms with Gasteiger partial charge in [0.15, 0.2) is 5.16 Å². The first-order valence-electron chi connectivity index (χ1n) is 5.39. The maximum atomic E-state index is 5.84. The molecule has 0 aliphatic carbocycles. The van der Waals surface area contributed by atoms with Gasteiger partial charge in [-0.25, -0.2) is 0 Å². The van der Waals surface area contributed by atoms with E-state index >= 15 is 0 Å². The van der Waals surface area contributed by atoms with E-state index in [2.05, 4.69) is 17.1 Å². The Morgan fingerprint density at radius 3 is 2.73 bits per heavy atom. The summed E-state index contributed by atoms with van der Waals surface area (Å²) >= 11 is 1.75. The average Bonchev–Trinajstić information content (AvgIpc) is 2.55. The lowest BCUT2D eigenvalue weighted by Crippen LogP contribution is -2.18. The third-order valence-corrected chi connectivity index (χ3v) is 3.63. The summed E-state index contributed by atoms with van der Waals surface area (Å²) in [5, 5.41) is 9.11. The zero-order valence-corrected chi connectivity index (χ0v) is 10.5. The molecule has 0 aliphatic rings. The largest absolute Gasteiger partial charge is 0.328 e. The van der Waals surface area contributed by atoms with Gasteiger partial charge in [0.2, 0.25) is 0 Å². The van der Waals surface area contributed by atoms with E-state index in [1.165, 1.54) is 0 Å². The molecule has 0 amide bonds. The fraction of sp³-hybridized carbons (Fsp3) is 0.800. The molecule has 1 atom stereocenters. The van der Waals surface area contributed by atoms with E-state index in [0.29, 0.717) is 6.04 Å². The van der Waals surface area contributed by atoms with E-state index in [4.69, 9.17) is 5.73 Å². The number of thioether (sulfide) groups is 1. The van der Waals surface area contributed by atoms with E-state index in [-0.39, 0.29) is 0 Å². The third-order valence-electron chi connectivity index (χ3n) is 2.53. The Kier molecular flexibility index (Phi) is 5.11. The predicted octanol–water partition coefficient (Wildman–Crippen LogP) is 1.73. The molecule has 1 aromatic heterocycles. The number of aromatic nitrogens is 3. The van der Waals surface area contributed by atoms with Gasteiger partial charge in [0, 0.05) is 18.8 Å². The van der Waals surface area contributed by atoms with E-state index in [1.807, 2.05) is 18.5 Å². The highest BCUT2D eigenvalue weighted by Gasteiger charge is 2.05. The van der Waals surface area contributed by atoms with Crippen LogP contribution in [0.25, 0.3) is 0 Å². The molecule has 2 N–H and O–H groups in total. The minimum atomic E-state index is 0.354. The Morgan fingerprint density at radius 2 is 2.20 bits per heavy atom. The van der Waals surface area contributed by atoms with Crippen LogP contribution in [0.15, 0.2) is 5.16 Å². The molecule has 1 rings (SSSR count). The summed E-state index contributed by atoms with van der Waals surface area (Å²) in [6, 6.07) is 0.354. The molecule has 15 heavy (non-hydrogen) atoms. The standard InChI is InChI=1S/C10H20N4S/c1-4-9(11)6-5-7-15-10-13-12-8(2)14(10)3/h9H,4-7,11H2,1-3H3. The molecule has 0 aromatic carbocycles. The van der Waals surface area contributed by atoms with Gasteiger partial charge in [-0.3, -0.25) is 0 Å². The van der Waals surface area contributed by atoms with Crippen LogP contribution in [-0.4, -0.2) is 26.6 Å². The van der Waals surface area contributed by atoms with Crippen LogP contribution in [0.5, 0.6) is 0 Å². The maximum Gasteiger partial charge on any atom is 0.190 e. The molecule has 5 heteroatoms. The van der Waals surface area contributed by atoms with E-state index in [9.17, 15) is 0 Å². The molecule has 0 radical (unpaired) electrons. The first-order chi connectivity index (χ1) is 7.15. The second kappa shape index (κ2) is 6.12. The fourth-order valence-corrected chi connectivity index (χ4v) is 2.14. The van der Waals surface area contributed by atoms with Gasteiger partial charge in [-0.2, -0.15) is 0 Å². The quantitative estimate of drug-likeness (QED) is 0.595. The first-order valence-corrected chi connectivity index (χ1v) is 6.38. The van der Waals surface area contributed by atoms with Crippen LogP contribution in [0.2, 0.25) is 0 Å². The van der Waals surface area contributed by atoms with Crippen LogP contribution in [-0.2, 0) is 7.05 Å². The molecular weight excluding hydrogens is 208 g/mol. The summed E-state index contributed by atoms with van der Waals surface area (Å²) in [5.74, 6) is 2.03. The molecule has 0 saturated carbocycles. The van der Waals surface area contributed by atoms with Gasteiger partial charge in [-0.05, 0) is 26.2 Å². The zero-order chi connectivity index (χ0) is 11.3. The topological polar surface area (TPSA) is 56.7 Å². The normalized spacial score (nSPS) is 13.1. The van der Waals surface area contributed by atoms with Crippen molar-refractivity contribution in [3.8, 4) is 0 Å². The molecular formula is C10H20N4S. The summed E-state index contributed by atoms with van der Waals surface area (Å²) in [6.45, 7) is 4.09. The van der Waals surface area contributed by atoms with E-state index in [0.717, 1.165) is 36.0 Å². The van der Waals surface area contributed by atoms with Gasteiger partial charge in [-0.15, -0.1) is 10.2 Å².